The number of aliphatic hydroxyl groups is 1. The van der Waals surface area contributed by atoms with Crippen molar-refractivity contribution in [3.8, 4) is 5.75 Å². The maximum absolute atomic E-state index is 11.9. The normalized spacial score (nSPS) is 11.6. The lowest BCUT2D eigenvalue weighted by atomic mass is 10.2. The van der Waals surface area contributed by atoms with Gasteiger partial charge in [-0.3, -0.25) is 0 Å². The zero-order chi connectivity index (χ0) is 15.8. The molecule has 116 valence electrons. The third-order valence-electron chi connectivity index (χ3n) is 2.91. The van der Waals surface area contributed by atoms with Gasteiger partial charge in [-0.1, -0.05) is 12.1 Å². The van der Waals surface area contributed by atoms with Crippen LogP contribution in [-0.2, 0) is 11.3 Å². The van der Waals surface area contributed by atoms with Crippen LogP contribution in [0.3, 0.4) is 0 Å². The number of nitrogens with zero attached hydrogens (tertiary/aromatic N) is 1. The Hall–Kier alpha value is -2.28. The number of hydrogen-bond acceptors (Lipinski definition) is 4. The van der Waals surface area contributed by atoms with Crippen LogP contribution >= 0.6 is 0 Å². The number of benzene rings is 1. The monoisotopic (exact) mass is 296 g/mol. The van der Waals surface area contributed by atoms with Gasteiger partial charge in [0.05, 0.1) is 7.11 Å². The summed E-state index contributed by atoms with van der Waals surface area (Å²) in [5.41, 5.74) is 0.862. The summed E-state index contributed by atoms with van der Waals surface area (Å²) < 4.78 is 5.10. The number of carbonyl (C=O) groups excluding carboxylic acids is 1. The van der Waals surface area contributed by atoms with Gasteiger partial charge in [-0.2, -0.15) is 0 Å². The fourth-order valence-corrected chi connectivity index (χ4v) is 1.76. The van der Waals surface area contributed by atoms with E-state index in [1.165, 1.54) is 4.90 Å². The number of carbonyl (C=O) groups is 2. The number of carboxylic acid groups (broad SMARTS) is 1. The highest BCUT2D eigenvalue weighted by atomic mass is 16.5. The summed E-state index contributed by atoms with van der Waals surface area (Å²) in [6, 6.07) is 5.63. The molecule has 2 amide bonds. The van der Waals surface area contributed by atoms with Crippen LogP contribution in [0.2, 0.25) is 0 Å². The van der Waals surface area contributed by atoms with Crippen LogP contribution in [0.4, 0.5) is 4.79 Å². The van der Waals surface area contributed by atoms with Crippen LogP contribution in [-0.4, -0.2) is 53.9 Å². The predicted octanol–water partition coefficient (Wildman–Crippen LogP) is 0.672. The molecule has 1 aromatic carbocycles. The summed E-state index contributed by atoms with van der Waals surface area (Å²) >= 11 is 0. The van der Waals surface area contributed by atoms with Gasteiger partial charge in [-0.15, -0.1) is 0 Å². The van der Waals surface area contributed by atoms with Gasteiger partial charge < -0.3 is 25.2 Å². The van der Waals surface area contributed by atoms with Crippen molar-refractivity contribution in [2.45, 2.75) is 19.0 Å². The summed E-state index contributed by atoms with van der Waals surface area (Å²) in [7, 11) is 3.12. The highest BCUT2D eigenvalue weighted by Gasteiger charge is 2.21. The minimum atomic E-state index is -1.17. The van der Waals surface area contributed by atoms with E-state index in [0.717, 1.165) is 5.56 Å². The van der Waals surface area contributed by atoms with E-state index in [2.05, 4.69) is 5.32 Å². The third kappa shape index (κ3) is 5.31. The fourth-order valence-electron chi connectivity index (χ4n) is 1.76. The number of methoxy groups -OCH3 is 1. The van der Waals surface area contributed by atoms with Crippen molar-refractivity contribution in [3.05, 3.63) is 29.8 Å². The first kappa shape index (κ1) is 16.8. The van der Waals surface area contributed by atoms with Gasteiger partial charge in [0.1, 0.15) is 11.8 Å². The van der Waals surface area contributed by atoms with E-state index in [0.29, 0.717) is 12.3 Å². The average Bonchev–Trinajstić information content (AvgIpc) is 2.46. The molecule has 0 heterocycles. The van der Waals surface area contributed by atoms with Gasteiger partial charge in [-0.05, 0) is 17.7 Å². The Morgan fingerprint density at radius 2 is 2.14 bits per heavy atom. The Bertz CT molecular complexity index is 492. The van der Waals surface area contributed by atoms with Gasteiger partial charge in [0.15, 0.2) is 0 Å². The van der Waals surface area contributed by atoms with Gasteiger partial charge >= 0.3 is 12.0 Å². The number of carboxylic acids is 1. The number of nitrogens with one attached hydrogen (secondary N) is 1. The smallest absolute Gasteiger partial charge is 0.326 e. The largest absolute Gasteiger partial charge is 0.497 e. The molecule has 7 heteroatoms. The predicted molar refractivity (Wildman–Crippen MR) is 76.1 cm³/mol. The van der Waals surface area contributed by atoms with E-state index < -0.39 is 18.0 Å². The molecule has 0 spiro atoms. The fraction of sp³-hybridized carbons (Fsp3) is 0.429. The summed E-state index contributed by atoms with van der Waals surface area (Å²) in [4.78, 5) is 24.2. The molecule has 7 nitrogen and oxygen atoms in total. The molecular weight excluding hydrogens is 276 g/mol. The molecule has 1 unspecified atom stereocenters. The second-order valence-electron chi connectivity index (χ2n) is 4.56. The topological polar surface area (TPSA) is 99.1 Å². The zero-order valence-electron chi connectivity index (χ0n) is 12.1. The Morgan fingerprint density at radius 3 is 2.71 bits per heavy atom. The first-order valence-electron chi connectivity index (χ1n) is 6.46. The number of rotatable bonds is 7. The average molecular weight is 296 g/mol. The molecule has 0 radical (unpaired) electrons. The van der Waals surface area contributed by atoms with E-state index in [1.54, 1.807) is 26.3 Å². The van der Waals surface area contributed by atoms with E-state index in [9.17, 15) is 9.59 Å². The molecule has 0 fully saturated rings. The minimum Gasteiger partial charge on any atom is -0.497 e. The van der Waals surface area contributed by atoms with Crippen molar-refractivity contribution in [2.75, 3.05) is 20.8 Å². The molecule has 0 bridgehead atoms. The van der Waals surface area contributed by atoms with Crippen molar-refractivity contribution < 1.29 is 24.5 Å². The number of hydrogen-bond donors (Lipinski definition) is 3. The van der Waals surface area contributed by atoms with Crippen LogP contribution in [0.25, 0.3) is 0 Å². The molecule has 0 aliphatic heterocycles. The number of urea groups is 1. The van der Waals surface area contributed by atoms with Crippen molar-refractivity contribution in [1.82, 2.24) is 10.2 Å². The van der Waals surface area contributed by atoms with E-state index in [4.69, 9.17) is 14.9 Å². The number of aliphatic hydroxyl groups excluding tert-OH is 1. The molecular formula is C14H20N2O5. The molecule has 1 rings (SSSR count). The number of aliphatic carboxylic acids is 1. The zero-order valence-corrected chi connectivity index (χ0v) is 12.1. The molecule has 0 aliphatic carbocycles. The van der Waals surface area contributed by atoms with Crippen LogP contribution in [0.15, 0.2) is 24.3 Å². The lowest BCUT2D eigenvalue weighted by molar-refractivity contribution is -0.139. The molecule has 1 atom stereocenters. The SMILES string of the molecule is COc1cccc(CN(C)C(=O)NC(CCO)C(=O)O)c1. The number of ether oxygens (including phenoxy) is 1. The first-order valence-corrected chi connectivity index (χ1v) is 6.46. The Morgan fingerprint density at radius 1 is 1.43 bits per heavy atom. The first-order chi connectivity index (χ1) is 9.97. The summed E-state index contributed by atoms with van der Waals surface area (Å²) in [5.74, 6) is -0.489. The maximum Gasteiger partial charge on any atom is 0.326 e. The van der Waals surface area contributed by atoms with Crippen molar-refractivity contribution >= 4 is 12.0 Å². The molecule has 0 saturated carbocycles. The van der Waals surface area contributed by atoms with Gasteiger partial charge in [0.25, 0.3) is 0 Å². The van der Waals surface area contributed by atoms with E-state index >= 15 is 0 Å². The summed E-state index contributed by atoms with van der Waals surface area (Å²) in [6.07, 6.45) is -0.0337. The second kappa shape index (κ2) is 8.11. The molecule has 0 aromatic heterocycles. The van der Waals surface area contributed by atoms with Crippen LogP contribution in [0, 0.1) is 0 Å². The van der Waals surface area contributed by atoms with E-state index in [-0.39, 0.29) is 13.0 Å². The van der Waals surface area contributed by atoms with Crippen LogP contribution in [0.5, 0.6) is 5.75 Å². The number of amides is 2. The molecule has 21 heavy (non-hydrogen) atoms. The van der Waals surface area contributed by atoms with E-state index in [1.807, 2.05) is 12.1 Å². The summed E-state index contributed by atoms with van der Waals surface area (Å²) in [5, 5.41) is 20.1. The highest BCUT2D eigenvalue weighted by molar-refractivity contribution is 5.82. The second-order valence-corrected chi connectivity index (χ2v) is 4.56. The van der Waals surface area contributed by atoms with Gasteiger partial charge in [-0.25, -0.2) is 9.59 Å². The van der Waals surface area contributed by atoms with Crippen LogP contribution < -0.4 is 10.1 Å². The quantitative estimate of drug-likeness (QED) is 0.687. The Labute approximate surface area is 123 Å². The molecule has 1 aromatic rings. The molecule has 0 saturated heterocycles. The minimum absolute atomic E-state index is 0.0337. The van der Waals surface area contributed by atoms with Gasteiger partial charge in [0.2, 0.25) is 0 Å². The van der Waals surface area contributed by atoms with Gasteiger partial charge in [0, 0.05) is 26.6 Å². The summed E-state index contributed by atoms with van der Waals surface area (Å²) in [6.45, 7) is 0.00530. The maximum atomic E-state index is 11.9. The molecule has 3 N–H and O–H groups in total. The van der Waals surface area contributed by atoms with Crippen molar-refractivity contribution in [2.24, 2.45) is 0 Å². The lowest BCUT2D eigenvalue weighted by Gasteiger charge is -2.21. The highest BCUT2D eigenvalue weighted by Crippen LogP contribution is 2.13. The van der Waals surface area contributed by atoms with Crippen molar-refractivity contribution in [1.29, 1.82) is 0 Å². The third-order valence-corrected chi connectivity index (χ3v) is 2.91. The standard InChI is InChI=1S/C14H20N2O5/c1-16(9-10-4-3-5-11(8-10)21-2)14(20)15-12(6-7-17)13(18)19/h3-5,8,12,17H,6-7,9H2,1-2H3,(H,15,20)(H,18,19). The van der Waals surface area contributed by atoms with Crippen molar-refractivity contribution in [3.63, 3.8) is 0 Å². The molecule has 0 aliphatic rings. The Balaban J connectivity index is 2.63. The Kier molecular flexibility index (Phi) is 6.48. The van der Waals surface area contributed by atoms with Crippen LogP contribution in [0.1, 0.15) is 12.0 Å². The lowest BCUT2D eigenvalue weighted by Crippen LogP contribution is -2.46.